The van der Waals surface area contributed by atoms with Crippen LogP contribution in [0.4, 0.5) is 0 Å². The van der Waals surface area contributed by atoms with Gasteiger partial charge in [0.2, 0.25) is 5.43 Å². The van der Waals surface area contributed by atoms with E-state index in [0.717, 1.165) is 23.1 Å². The van der Waals surface area contributed by atoms with Crippen LogP contribution in [0.15, 0.2) is 65.6 Å². The minimum atomic E-state index is -0.712. The second-order valence-corrected chi connectivity index (χ2v) is 8.35. The third kappa shape index (κ3) is 2.21. The summed E-state index contributed by atoms with van der Waals surface area (Å²) < 4.78 is 8.05. The first-order valence-electron chi connectivity index (χ1n) is 10.3. The summed E-state index contributed by atoms with van der Waals surface area (Å²) in [5.41, 5.74) is 3.19. The number of aromatic nitrogens is 1. The minimum Gasteiger partial charge on any atom is -0.502 e. The number of pyridine rings is 1. The van der Waals surface area contributed by atoms with Crippen molar-refractivity contribution in [1.82, 2.24) is 9.58 Å². The molecule has 0 saturated carbocycles. The quantitative estimate of drug-likeness (QED) is 0.658. The maximum absolute atomic E-state index is 12.9. The second kappa shape index (κ2) is 6.21. The van der Waals surface area contributed by atoms with Crippen molar-refractivity contribution in [2.24, 2.45) is 0 Å². The topological polar surface area (TPSA) is 75.0 Å². The zero-order valence-corrected chi connectivity index (χ0v) is 17.0. The van der Waals surface area contributed by atoms with E-state index >= 15 is 0 Å². The molecular formula is C24H21N3O4. The molecule has 3 heterocycles. The molecule has 0 spiro atoms. The standard InChI is InChI=1S/C24H21N3O4/c1-25-14-27(26-11-10-19(28)22(29)21(26)23(25)30)24-17-8-4-2-6-15(17)12-20(24)31-13-16-7-3-5-9-18(16)24/h2-11,20,29H,12-14H2,1H3. The lowest BCUT2D eigenvalue weighted by Crippen LogP contribution is -2.66. The minimum absolute atomic E-state index is 0.0261. The summed E-state index contributed by atoms with van der Waals surface area (Å²) in [7, 11) is 1.68. The van der Waals surface area contributed by atoms with Gasteiger partial charge in [-0.2, -0.15) is 0 Å². The summed E-state index contributed by atoms with van der Waals surface area (Å²) in [4.78, 5) is 26.6. The highest BCUT2D eigenvalue weighted by atomic mass is 16.5. The number of hydrogen-bond acceptors (Lipinski definition) is 5. The van der Waals surface area contributed by atoms with Gasteiger partial charge in [0, 0.05) is 25.7 Å². The molecule has 0 bridgehead atoms. The van der Waals surface area contributed by atoms with Crippen LogP contribution in [-0.2, 0) is 23.3 Å². The lowest BCUT2D eigenvalue weighted by atomic mass is 9.77. The highest BCUT2D eigenvalue weighted by molar-refractivity contribution is 5.96. The SMILES string of the molecule is CN1CN(C23c4ccccc4COC2Cc2ccccc23)n2ccc(=O)c(O)c2C1=O. The number of benzene rings is 2. The Bertz CT molecular complexity index is 1300. The molecular weight excluding hydrogens is 394 g/mol. The van der Waals surface area contributed by atoms with E-state index in [9.17, 15) is 14.7 Å². The van der Waals surface area contributed by atoms with E-state index in [1.54, 1.807) is 17.9 Å². The number of fused-ring (bicyclic) bond motifs is 6. The molecule has 1 aromatic heterocycles. The molecule has 31 heavy (non-hydrogen) atoms. The first kappa shape index (κ1) is 18.2. The van der Waals surface area contributed by atoms with Crippen LogP contribution in [0.25, 0.3) is 0 Å². The molecule has 2 atom stereocenters. The van der Waals surface area contributed by atoms with Crippen molar-refractivity contribution < 1.29 is 14.6 Å². The molecule has 156 valence electrons. The van der Waals surface area contributed by atoms with E-state index in [1.807, 2.05) is 24.3 Å². The van der Waals surface area contributed by atoms with Crippen molar-refractivity contribution in [1.29, 1.82) is 0 Å². The number of ether oxygens (including phenoxy) is 1. The van der Waals surface area contributed by atoms with Crippen LogP contribution >= 0.6 is 0 Å². The van der Waals surface area contributed by atoms with E-state index in [1.165, 1.54) is 16.5 Å². The van der Waals surface area contributed by atoms with Crippen LogP contribution in [0.5, 0.6) is 5.75 Å². The van der Waals surface area contributed by atoms with Gasteiger partial charge in [0.05, 0.1) is 12.7 Å². The maximum atomic E-state index is 12.9. The van der Waals surface area contributed by atoms with Gasteiger partial charge >= 0.3 is 0 Å². The van der Waals surface area contributed by atoms with Gasteiger partial charge in [-0.15, -0.1) is 0 Å². The van der Waals surface area contributed by atoms with Crippen molar-refractivity contribution in [2.75, 3.05) is 18.7 Å². The molecule has 2 aliphatic heterocycles. The molecule has 7 nitrogen and oxygen atoms in total. The largest absolute Gasteiger partial charge is 0.502 e. The zero-order valence-electron chi connectivity index (χ0n) is 17.0. The normalized spacial score (nSPS) is 23.8. The lowest BCUT2D eigenvalue weighted by molar-refractivity contribution is -0.0222. The Labute approximate surface area is 178 Å². The number of carbonyl (C=O) groups is 1. The summed E-state index contributed by atoms with van der Waals surface area (Å²) in [5, 5.41) is 12.6. The molecule has 1 N–H and O–H groups in total. The number of aromatic hydroxyl groups is 1. The summed E-state index contributed by atoms with van der Waals surface area (Å²) >= 11 is 0. The second-order valence-electron chi connectivity index (χ2n) is 8.35. The van der Waals surface area contributed by atoms with Gasteiger partial charge in [-0.3, -0.25) is 19.3 Å². The predicted molar refractivity (Wildman–Crippen MR) is 113 cm³/mol. The van der Waals surface area contributed by atoms with E-state index < -0.39 is 22.6 Å². The van der Waals surface area contributed by atoms with Gasteiger partial charge < -0.3 is 14.7 Å². The van der Waals surface area contributed by atoms with Crippen LogP contribution < -0.4 is 10.4 Å². The maximum Gasteiger partial charge on any atom is 0.277 e. The van der Waals surface area contributed by atoms with Gasteiger partial charge in [0.25, 0.3) is 5.91 Å². The molecule has 0 fully saturated rings. The lowest BCUT2D eigenvalue weighted by Gasteiger charge is -2.53. The van der Waals surface area contributed by atoms with Crippen molar-refractivity contribution >= 4 is 5.91 Å². The van der Waals surface area contributed by atoms with E-state index in [-0.39, 0.29) is 18.5 Å². The summed E-state index contributed by atoms with van der Waals surface area (Å²) in [5.74, 6) is -0.927. The first-order valence-corrected chi connectivity index (χ1v) is 10.3. The van der Waals surface area contributed by atoms with Gasteiger partial charge in [0.1, 0.15) is 12.2 Å². The Morgan fingerprint density at radius 2 is 1.68 bits per heavy atom. The van der Waals surface area contributed by atoms with Gasteiger partial charge in [-0.1, -0.05) is 48.5 Å². The average molecular weight is 415 g/mol. The number of carbonyl (C=O) groups excluding carboxylic acids is 1. The molecule has 6 rings (SSSR count). The Balaban J connectivity index is 1.71. The molecule has 0 radical (unpaired) electrons. The highest BCUT2D eigenvalue weighted by Crippen LogP contribution is 2.51. The third-order valence-corrected chi connectivity index (χ3v) is 6.78. The zero-order chi connectivity index (χ0) is 21.3. The molecule has 1 amide bonds. The van der Waals surface area contributed by atoms with Crippen LogP contribution in [0.3, 0.4) is 0 Å². The van der Waals surface area contributed by atoms with Crippen LogP contribution in [0.2, 0.25) is 0 Å². The average Bonchev–Trinajstić information content (AvgIpc) is 3.14. The highest BCUT2D eigenvalue weighted by Gasteiger charge is 2.57. The molecule has 7 heteroatoms. The van der Waals surface area contributed by atoms with Crippen molar-refractivity contribution in [2.45, 2.75) is 24.7 Å². The molecule has 1 aliphatic carbocycles. The van der Waals surface area contributed by atoms with Crippen molar-refractivity contribution in [3.8, 4) is 5.75 Å². The molecule has 2 unspecified atom stereocenters. The van der Waals surface area contributed by atoms with Gasteiger partial charge in [-0.05, 0) is 22.3 Å². The Morgan fingerprint density at radius 3 is 2.45 bits per heavy atom. The number of amides is 1. The van der Waals surface area contributed by atoms with Gasteiger partial charge in [0.15, 0.2) is 11.4 Å². The molecule has 3 aliphatic rings. The summed E-state index contributed by atoms with van der Waals surface area (Å²) in [6.07, 6.45) is 2.13. The van der Waals surface area contributed by atoms with Crippen molar-refractivity contribution in [3.05, 3.63) is 99.0 Å². The third-order valence-electron chi connectivity index (χ3n) is 6.78. The fourth-order valence-corrected chi connectivity index (χ4v) is 5.45. The predicted octanol–water partition coefficient (Wildman–Crippen LogP) is 1.93. The van der Waals surface area contributed by atoms with Gasteiger partial charge in [-0.25, -0.2) is 0 Å². The fraction of sp³-hybridized carbons (Fsp3) is 0.250. The smallest absolute Gasteiger partial charge is 0.277 e. The Morgan fingerprint density at radius 1 is 1.00 bits per heavy atom. The van der Waals surface area contributed by atoms with Crippen LogP contribution in [0.1, 0.15) is 32.7 Å². The van der Waals surface area contributed by atoms with Crippen LogP contribution in [0, 0.1) is 0 Å². The first-order chi connectivity index (χ1) is 15.0. The monoisotopic (exact) mass is 415 g/mol. The molecule has 3 aromatic rings. The number of hydrogen-bond donors (Lipinski definition) is 1. The van der Waals surface area contributed by atoms with Crippen LogP contribution in [-0.4, -0.2) is 40.4 Å². The fourth-order valence-electron chi connectivity index (χ4n) is 5.45. The van der Waals surface area contributed by atoms with E-state index in [4.69, 9.17) is 4.74 Å². The Hall–Kier alpha value is -3.58. The van der Waals surface area contributed by atoms with Crippen molar-refractivity contribution in [3.63, 3.8) is 0 Å². The molecule has 0 saturated heterocycles. The van der Waals surface area contributed by atoms with E-state index in [2.05, 4.69) is 29.3 Å². The Kier molecular flexibility index (Phi) is 3.65. The number of nitrogens with zero attached hydrogens (tertiary/aromatic N) is 3. The summed E-state index contributed by atoms with van der Waals surface area (Å²) in [6, 6.07) is 17.8. The number of rotatable bonds is 1. The molecule has 2 aromatic carbocycles. The summed E-state index contributed by atoms with van der Waals surface area (Å²) in [6.45, 7) is 0.790. The van der Waals surface area contributed by atoms with E-state index in [0.29, 0.717) is 6.61 Å².